The predicted molar refractivity (Wildman–Crippen MR) is 142 cm³/mol. The van der Waals surface area contributed by atoms with E-state index in [9.17, 15) is 14.3 Å². The molecule has 2 unspecified atom stereocenters. The number of hydrogen-bond donors (Lipinski definition) is 1. The van der Waals surface area contributed by atoms with Crippen molar-refractivity contribution in [2.45, 2.75) is 50.9 Å². The van der Waals surface area contributed by atoms with Gasteiger partial charge in [0.25, 0.3) is 5.71 Å². The molecule has 4 aromatic rings. The van der Waals surface area contributed by atoms with Gasteiger partial charge in [0.2, 0.25) is 11.5 Å². The maximum absolute atomic E-state index is 14.2. The number of carbonyl (C=O) groups is 1. The van der Waals surface area contributed by atoms with Gasteiger partial charge in [-0.15, -0.1) is 0 Å². The van der Waals surface area contributed by atoms with Crippen molar-refractivity contribution in [2.24, 2.45) is 5.41 Å². The number of hydrogen-bond acceptors (Lipinski definition) is 9. The molecule has 0 amide bonds. The van der Waals surface area contributed by atoms with Crippen LogP contribution in [-0.4, -0.2) is 56.4 Å². The van der Waals surface area contributed by atoms with Crippen LogP contribution in [0.3, 0.4) is 0 Å². The van der Waals surface area contributed by atoms with Crippen molar-refractivity contribution in [3.63, 3.8) is 0 Å². The predicted octanol–water partition coefficient (Wildman–Crippen LogP) is 4.27. The fraction of sp³-hybridized carbons (Fsp3) is 0.414. The summed E-state index contributed by atoms with van der Waals surface area (Å²) in [5.41, 5.74) is 1.47. The van der Waals surface area contributed by atoms with Crippen molar-refractivity contribution in [3.8, 4) is 11.9 Å². The fourth-order valence-corrected chi connectivity index (χ4v) is 5.99. The van der Waals surface area contributed by atoms with E-state index >= 15 is 0 Å². The lowest BCUT2D eigenvalue weighted by Crippen LogP contribution is -2.36. The number of carboxylic acid groups (broad SMARTS) is 1. The van der Waals surface area contributed by atoms with Gasteiger partial charge in [0.05, 0.1) is 24.3 Å². The number of benzene rings is 1. The average molecular weight is 559 g/mol. The molecule has 0 radical (unpaired) electrons. The molecule has 12 heteroatoms. The number of ether oxygens (including phenoxy) is 2. The summed E-state index contributed by atoms with van der Waals surface area (Å²) in [4.78, 5) is 27.2. The van der Waals surface area contributed by atoms with Gasteiger partial charge in [0.15, 0.2) is 0 Å². The van der Waals surface area contributed by atoms with Crippen LogP contribution in [0.4, 0.5) is 10.2 Å². The number of carboxylic acids is 1. The van der Waals surface area contributed by atoms with E-state index in [2.05, 4.69) is 14.9 Å². The number of rotatable bonds is 8. The van der Waals surface area contributed by atoms with Crippen molar-refractivity contribution in [3.05, 3.63) is 65.1 Å². The zero-order valence-corrected chi connectivity index (χ0v) is 22.1. The lowest BCUT2D eigenvalue weighted by Gasteiger charge is -2.34. The molecule has 1 N–H and O–H groups in total. The number of imidazole rings is 1. The van der Waals surface area contributed by atoms with Crippen molar-refractivity contribution in [2.75, 3.05) is 24.6 Å². The van der Waals surface area contributed by atoms with E-state index in [0.29, 0.717) is 23.6 Å². The Hall–Kier alpha value is -4.50. The summed E-state index contributed by atoms with van der Waals surface area (Å²) >= 11 is 0. The molecule has 3 aromatic heterocycles. The third-order valence-corrected chi connectivity index (χ3v) is 8.55. The molecule has 2 saturated heterocycles. The number of anilines is 1. The molecule has 2 aliphatic heterocycles. The van der Waals surface area contributed by atoms with Crippen LogP contribution < -0.4 is 9.64 Å². The largest absolute Gasteiger partial charge is 0.474 e. The molecule has 7 rings (SSSR count). The maximum Gasteiger partial charge on any atom is 0.392 e. The van der Waals surface area contributed by atoms with Crippen LogP contribution in [-0.2, 0) is 17.9 Å². The minimum atomic E-state index is -1.21. The van der Waals surface area contributed by atoms with Crippen molar-refractivity contribution in [1.82, 2.24) is 19.5 Å². The summed E-state index contributed by atoms with van der Waals surface area (Å²) in [6.45, 7) is 2.97. The number of fused-ring (bicyclic) bond motifs is 1. The van der Waals surface area contributed by atoms with Gasteiger partial charge in [0, 0.05) is 37.2 Å². The minimum Gasteiger partial charge on any atom is -0.474 e. The summed E-state index contributed by atoms with van der Waals surface area (Å²) in [5.74, 6) is 0.316. The number of halogens is 1. The average Bonchev–Trinajstić information content (AvgIpc) is 3.30. The van der Waals surface area contributed by atoms with Gasteiger partial charge >= 0.3 is 11.9 Å². The molecule has 1 aliphatic carbocycles. The Morgan fingerprint density at radius 2 is 2.05 bits per heavy atom. The Balaban J connectivity index is 1.02. The summed E-state index contributed by atoms with van der Waals surface area (Å²) in [6.07, 6.45) is 3.95. The number of aromatic nitrogens is 4. The Kier molecular flexibility index (Phi) is 6.12. The van der Waals surface area contributed by atoms with E-state index < -0.39 is 11.8 Å². The summed E-state index contributed by atoms with van der Waals surface area (Å²) in [6, 6.07) is 11.8. The van der Waals surface area contributed by atoms with Gasteiger partial charge < -0.3 is 28.5 Å². The van der Waals surface area contributed by atoms with E-state index in [1.54, 1.807) is 18.2 Å². The molecular formula is C29H27FN6O5. The van der Waals surface area contributed by atoms with Crippen LogP contribution in [0.1, 0.15) is 59.2 Å². The first-order valence-electron chi connectivity index (χ1n) is 13.7. The zero-order valence-electron chi connectivity index (χ0n) is 22.1. The second kappa shape index (κ2) is 9.85. The minimum absolute atomic E-state index is 0.0169. The van der Waals surface area contributed by atoms with E-state index in [-0.39, 0.29) is 41.2 Å². The lowest BCUT2D eigenvalue weighted by atomic mass is 9.90. The highest BCUT2D eigenvalue weighted by Gasteiger charge is 2.58. The summed E-state index contributed by atoms with van der Waals surface area (Å²) < 4.78 is 33.1. The monoisotopic (exact) mass is 558 g/mol. The molecule has 5 heterocycles. The van der Waals surface area contributed by atoms with Crippen LogP contribution in [0.5, 0.6) is 5.88 Å². The molecular weight excluding hydrogens is 531 g/mol. The Morgan fingerprint density at radius 3 is 2.76 bits per heavy atom. The Morgan fingerprint density at radius 1 is 1.22 bits per heavy atom. The van der Waals surface area contributed by atoms with E-state index in [1.165, 1.54) is 6.07 Å². The van der Waals surface area contributed by atoms with Gasteiger partial charge in [-0.2, -0.15) is 20.2 Å². The highest BCUT2D eigenvalue weighted by atomic mass is 19.1. The molecule has 11 nitrogen and oxygen atoms in total. The molecule has 1 saturated carbocycles. The standard InChI is InChI=1S/C29H27FN6O5/c30-21-12-17(14-31)4-5-18(21)16-40-23-3-1-2-22(32-23)35-9-7-29(8-10-35)13-20(29)24-33-26-25(34-27(41-26)28(37)38)36(24)15-19-6-11-39-19/h1-5,12,19-20H,6-11,13,15-16H2,(H,37,38). The summed E-state index contributed by atoms with van der Waals surface area (Å²) in [7, 11) is 0. The van der Waals surface area contributed by atoms with Gasteiger partial charge in [-0.05, 0) is 49.3 Å². The fourth-order valence-electron chi connectivity index (χ4n) is 5.99. The number of nitrogens with zero attached hydrogens (tertiary/aromatic N) is 6. The number of nitriles is 1. The van der Waals surface area contributed by atoms with Crippen molar-refractivity contribution >= 4 is 23.1 Å². The van der Waals surface area contributed by atoms with E-state index in [1.807, 2.05) is 22.8 Å². The molecule has 2 atom stereocenters. The number of aromatic carboxylic acids is 1. The van der Waals surface area contributed by atoms with Crippen LogP contribution >= 0.6 is 0 Å². The van der Waals surface area contributed by atoms with Gasteiger partial charge in [-0.1, -0.05) is 12.1 Å². The molecule has 3 fully saturated rings. The normalized spacial score (nSPS) is 21.0. The quantitative estimate of drug-likeness (QED) is 0.333. The first-order chi connectivity index (χ1) is 19.9. The smallest absolute Gasteiger partial charge is 0.392 e. The highest BCUT2D eigenvalue weighted by Crippen LogP contribution is 2.65. The van der Waals surface area contributed by atoms with Crippen LogP contribution in [0.15, 0.2) is 40.8 Å². The first-order valence-corrected chi connectivity index (χ1v) is 13.7. The van der Waals surface area contributed by atoms with E-state index in [0.717, 1.165) is 57.0 Å². The third kappa shape index (κ3) is 4.66. The summed E-state index contributed by atoms with van der Waals surface area (Å²) in [5, 5.41) is 18.2. The van der Waals surface area contributed by atoms with Crippen molar-refractivity contribution < 1.29 is 28.2 Å². The first kappa shape index (κ1) is 25.5. The number of oxazole rings is 1. The number of pyridine rings is 1. The molecule has 210 valence electrons. The van der Waals surface area contributed by atoms with Gasteiger partial charge in [0.1, 0.15) is 24.1 Å². The van der Waals surface area contributed by atoms with Crippen LogP contribution in [0, 0.1) is 22.6 Å². The van der Waals surface area contributed by atoms with Crippen LogP contribution in [0.25, 0.3) is 11.4 Å². The third-order valence-electron chi connectivity index (χ3n) is 8.55. The number of piperidine rings is 1. The van der Waals surface area contributed by atoms with Gasteiger partial charge in [-0.25, -0.2) is 9.18 Å². The molecule has 1 spiro atoms. The zero-order chi connectivity index (χ0) is 28.1. The molecule has 0 bridgehead atoms. The Bertz CT molecular complexity index is 1680. The van der Waals surface area contributed by atoms with Crippen molar-refractivity contribution in [1.29, 1.82) is 5.26 Å². The van der Waals surface area contributed by atoms with E-state index in [4.69, 9.17) is 24.1 Å². The van der Waals surface area contributed by atoms with Crippen LogP contribution in [0.2, 0.25) is 0 Å². The maximum atomic E-state index is 14.2. The molecule has 1 aromatic carbocycles. The second-order valence-electron chi connectivity index (χ2n) is 11.0. The highest BCUT2D eigenvalue weighted by molar-refractivity contribution is 5.85. The van der Waals surface area contributed by atoms with Gasteiger partial charge in [-0.3, -0.25) is 0 Å². The topological polar surface area (TPSA) is 140 Å². The molecule has 41 heavy (non-hydrogen) atoms. The Labute approximate surface area is 234 Å². The second-order valence-corrected chi connectivity index (χ2v) is 11.0. The molecule has 3 aliphatic rings. The lowest BCUT2D eigenvalue weighted by molar-refractivity contribution is -0.0591. The SMILES string of the molecule is N#Cc1ccc(COc2cccc(N3CCC4(CC3)CC4c3nc4oc(C(=O)O)nc4n3CC3CCO3)n2)c(F)c1.